The molecule has 1 saturated heterocycles. The number of nitrogens with one attached hydrogen (secondary N) is 3. The highest BCUT2D eigenvalue weighted by molar-refractivity contribution is 6.00. The van der Waals surface area contributed by atoms with Crippen LogP contribution in [-0.4, -0.2) is 60.1 Å². The minimum Gasteiger partial charge on any atom is -0.488 e. The number of amides is 2. The maximum atomic E-state index is 14.8. The number of benzene rings is 2. The van der Waals surface area contributed by atoms with E-state index in [1.54, 1.807) is 6.92 Å². The first-order chi connectivity index (χ1) is 19.1. The summed E-state index contributed by atoms with van der Waals surface area (Å²) in [7, 11) is 0. The van der Waals surface area contributed by atoms with E-state index in [1.807, 2.05) is 4.90 Å². The lowest BCUT2D eigenvalue weighted by molar-refractivity contribution is -0.138. The molecule has 3 aromatic rings. The predicted octanol–water partition coefficient (Wildman–Crippen LogP) is 5.38. The zero-order valence-electron chi connectivity index (χ0n) is 22.2. The molecule has 0 spiro atoms. The average Bonchev–Trinajstić information content (AvgIpc) is 2.92. The molecular weight excluding hydrogens is 530 g/mol. The van der Waals surface area contributed by atoms with Crippen molar-refractivity contribution < 1.29 is 27.1 Å². The van der Waals surface area contributed by atoms with E-state index >= 15 is 0 Å². The third-order valence-corrected chi connectivity index (χ3v) is 6.70. The molecule has 0 radical (unpaired) electrons. The zero-order chi connectivity index (χ0) is 28.9. The van der Waals surface area contributed by atoms with Gasteiger partial charge in [0.2, 0.25) is 0 Å². The van der Waals surface area contributed by atoms with Gasteiger partial charge in [-0.1, -0.05) is 19.1 Å². The predicted molar refractivity (Wildman–Crippen MR) is 145 cm³/mol. The summed E-state index contributed by atoms with van der Waals surface area (Å²) in [4.78, 5) is 31.1. The lowest BCUT2D eigenvalue weighted by atomic mass is 10.0. The number of anilines is 2. The van der Waals surface area contributed by atoms with Crippen LogP contribution in [0.4, 0.5) is 33.7 Å². The molecule has 2 aromatic carbocycles. The Kier molecular flexibility index (Phi) is 9.10. The lowest BCUT2D eigenvalue weighted by Crippen LogP contribution is -2.45. The van der Waals surface area contributed by atoms with Crippen LogP contribution in [0, 0.1) is 5.82 Å². The third-order valence-electron chi connectivity index (χ3n) is 6.70. The number of halogens is 4. The van der Waals surface area contributed by atoms with Gasteiger partial charge in [-0.15, -0.1) is 0 Å². The summed E-state index contributed by atoms with van der Waals surface area (Å²) in [6.45, 7) is 8.06. The minimum absolute atomic E-state index is 0.0712. The second-order valence-electron chi connectivity index (χ2n) is 9.37. The Morgan fingerprint density at radius 2 is 1.70 bits per heavy atom. The second kappa shape index (κ2) is 12.5. The fraction of sp³-hybridized carbons (Fsp3) is 0.357. The van der Waals surface area contributed by atoms with Gasteiger partial charge in [-0.05, 0) is 54.9 Å². The fourth-order valence-electron chi connectivity index (χ4n) is 4.53. The summed E-state index contributed by atoms with van der Waals surface area (Å²) in [5.41, 5.74) is -0.455. The summed E-state index contributed by atoms with van der Waals surface area (Å²) < 4.78 is 61.7. The van der Waals surface area contributed by atoms with Crippen LogP contribution in [0.5, 0.6) is 5.75 Å². The quantitative estimate of drug-likeness (QED) is 0.322. The maximum absolute atomic E-state index is 14.8. The van der Waals surface area contributed by atoms with Gasteiger partial charge in [0.1, 0.15) is 5.82 Å². The van der Waals surface area contributed by atoms with Crippen LogP contribution in [-0.2, 0) is 12.7 Å². The van der Waals surface area contributed by atoms with Gasteiger partial charge in [0, 0.05) is 50.2 Å². The Balaban J connectivity index is 1.44. The smallest absolute Gasteiger partial charge is 0.416 e. The van der Waals surface area contributed by atoms with Gasteiger partial charge in [-0.25, -0.2) is 9.18 Å². The Labute approximate surface area is 228 Å². The molecule has 0 aliphatic carbocycles. The maximum Gasteiger partial charge on any atom is 0.416 e. The minimum atomic E-state index is -4.61. The highest BCUT2D eigenvalue weighted by Gasteiger charge is 2.34. The number of hydrogen-bond acceptors (Lipinski definition) is 5. The van der Waals surface area contributed by atoms with Crippen molar-refractivity contribution in [1.29, 1.82) is 0 Å². The molecule has 214 valence electrons. The normalized spacial score (nSPS) is 14.7. The van der Waals surface area contributed by atoms with E-state index in [9.17, 15) is 27.2 Å². The number of nitrogens with zero attached hydrogens (tertiary/aromatic N) is 2. The molecular formula is C28H31F4N5O3. The molecule has 1 aromatic heterocycles. The van der Waals surface area contributed by atoms with Crippen molar-refractivity contribution >= 4 is 17.4 Å². The number of piperazine rings is 1. The van der Waals surface area contributed by atoms with E-state index in [0.29, 0.717) is 24.2 Å². The second-order valence-corrected chi connectivity index (χ2v) is 9.37. The van der Waals surface area contributed by atoms with Crippen molar-refractivity contribution in [2.45, 2.75) is 26.6 Å². The van der Waals surface area contributed by atoms with Crippen molar-refractivity contribution in [3.05, 3.63) is 76.0 Å². The van der Waals surface area contributed by atoms with Crippen LogP contribution < -0.4 is 20.9 Å². The summed E-state index contributed by atoms with van der Waals surface area (Å²) >= 11 is 0. The number of H-pyrrole nitrogens is 1. The first kappa shape index (κ1) is 29.1. The monoisotopic (exact) mass is 561 g/mol. The van der Waals surface area contributed by atoms with E-state index in [2.05, 4.69) is 27.4 Å². The van der Waals surface area contributed by atoms with Gasteiger partial charge in [-0.3, -0.25) is 9.69 Å². The van der Waals surface area contributed by atoms with Crippen molar-refractivity contribution in [2.75, 3.05) is 50.0 Å². The first-order valence-corrected chi connectivity index (χ1v) is 13.0. The molecule has 3 N–H and O–H groups in total. The molecule has 0 bridgehead atoms. The molecule has 4 rings (SSSR count). The van der Waals surface area contributed by atoms with E-state index in [-0.39, 0.29) is 35.8 Å². The number of carbonyl (C=O) groups excluding carboxylic acids is 1. The lowest BCUT2D eigenvalue weighted by Gasteiger charge is -2.34. The molecule has 1 aliphatic heterocycles. The number of ether oxygens (including phenoxy) is 1. The summed E-state index contributed by atoms with van der Waals surface area (Å²) in [5, 5.41) is 4.68. The zero-order valence-corrected chi connectivity index (χ0v) is 22.2. The van der Waals surface area contributed by atoms with Crippen molar-refractivity contribution in [1.82, 2.24) is 14.8 Å². The van der Waals surface area contributed by atoms with Crippen LogP contribution in [0.15, 0.2) is 53.5 Å². The number of carbonyl (C=O) groups is 1. The molecule has 0 atom stereocenters. The van der Waals surface area contributed by atoms with Gasteiger partial charge in [0.25, 0.3) is 5.56 Å². The number of aromatic amines is 1. The van der Waals surface area contributed by atoms with E-state index in [0.717, 1.165) is 31.8 Å². The Morgan fingerprint density at radius 1 is 0.975 bits per heavy atom. The molecule has 12 heteroatoms. The van der Waals surface area contributed by atoms with E-state index in [1.165, 1.54) is 36.5 Å². The molecule has 0 saturated carbocycles. The number of pyridine rings is 1. The molecule has 8 nitrogen and oxygen atoms in total. The van der Waals surface area contributed by atoms with Gasteiger partial charge in [0.15, 0.2) is 5.75 Å². The summed E-state index contributed by atoms with van der Waals surface area (Å²) in [6, 6.07) is 8.24. The third kappa shape index (κ3) is 7.19. The molecule has 1 aliphatic rings. The van der Waals surface area contributed by atoms with Crippen LogP contribution in [0.25, 0.3) is 11.1 Å². The largest absolute Gasteiger partial charge is 0.488 e. The van der Waals surface area contributed by atoms with Crippen molar-refractivity contribution in [3.63, 3.8) is 0 Å². The topological polar surface area (TPSA) is 89.7 Å². The highest BCUT2D eigenvalue weighted by atomic mass is 19.4. The standard InChI is InChI=1S/C28H31F4N5O3/c1-3-36-9-11-37(12-10-36)17-19-5-7-21(15-22(19)28(30,31)32)34-27(39)35-24-8-6-18(13-23(24)29)20-14-25(40-4-2)26(38)33-16-20/h5-8,13-16H,3-4,9-12,17H2,1-2H3,(H,33,38)(H2,34,35,39). The van der Waals surface area contributed by atoms with Crippen molar-refractivity contribution in [2.24, 2.45) is 0 Å². The number of hydrogen-bond donors (Lipinski definition) is 3. The highest BCUT2D eigenvalue weighted by Crippen LogP contribution is 2.35. The van der Waals surface area contributed by atoms with Gasteiger partial charge >= 0.3 is 12.2 Å². The van der Waals surface area contributed by atoms with Gasteiger partial charge in [-0.2, -0.15) is 13.2 Å². The first-order valence-electron chi connectivity index (χ1n) is 13.0. The summed E-state index contributed by atoms with van der Waals surface area (Å²) in [6.07, 6.45) is -3.20. The average molecular weight is 562 g/mol. The van der Waals surface area contributed by atoms with Crippen LogP contribution >= 0.6 is 0 Å². The molecule has 40 heavy (non-hydrogen) atoms. The van der Waals surface area contributed by atoms with Gasteiger partial charge in [0.05, 0.1) is 17.9 Å². The number of urea groups is 1. The SMILES string of the molecule is CCOc1cc(-c2ccc(NC(=O)Nc3ccc(CN4CCN(CC)CC4)c(C(F)(F)F)c3)c(F)c2)c[nH]c1=O. The number of alkyl halides is 3. The van der Waals surface area contributed by atoms with Crippen molar-refractivity contribution in [3.8, 4) is 16.9 Å². The Bertz CT molecular complexity index is 1400. The fourth-order valence-corrected chi connectivity index (χ4v) is 4.53. The molecule has 2 heterocycles. The van der Waals surface area contributed by atoms with Crippen LogP contribution in [0.1, 0.15) is 25.0 Å². The number of rotatable bonds is 8. The molecule has 2 amide bonds. The number of aromatic nitrogens is 1. The van der Waals surface area contributed by atoms with Crippen LogP contribution in [0.2, 0.25) is 0 Å². The molecule has 0 unspecified atom stereocenters. The Morgan fingerprint density at radius 3 is 2.35 bits per heavy atom. The Hall–Kier alpha value is -3.90. The van der Waals surface area contributed by atoms with Crippen LogP contribution in [0.3, 0.4) is 0 Å². The van der Waals surface area contributed by atoms with E-state index < -0.39 is 29.1 Å². The molecule has 1 fully saturated rings. The number of likely N-dealkylation sites (N-methyl/N-ethyl adjacent to an activating group) is 1. The van der Waals surface area contributed by atoms with Gasteiger partial charge < -0.3 is 25.3 Å². The summed E-state index contributed by atoms with van der Waals surface area (Å²) in [5.74, 6) is -0.684. The van der Waals surface area contributed by atoms with E-state index in [4.69, 9.17) is 4.74 Å².